The van der Waals surface area contributed by atoms with E-state index in [1.54, 1.807) is 94.4 Å². The monoisotopic (exact) mass is 1420 g/mol. The van der Waals surface area contributed by atoms with E-state index < -0.39 is 104 Å². The largest absolute Gasteiger partial charge is 0.469 e. The van der Waals surface area contributed by atoms with Gasteiger partial charge in [-0.1, -0.05) is 105 Å². The molecule has 0 aromatic heterocycles. The molecule has 6 rings (SSSR count). The number of aliphatic hydroxyl groups is 4. The lowest BCUT2D eigenvalue weighted by atomic mass is 9.76. The summed E-state index contributed by atoms with van der Waals surface area (Å²) >= 11 is 0. The summed E-state index contributed by atoms with van der Waals surface area (Å²) in [5.74, 6) is -15.4. The van der Waals surface area contributed by atoms with Crippen LogP contribution in [0.15, 0.2) is 140 Å². The van der Waals surface area contributed by atoms with Crippen LogP contribution in [-0.4, -0.2) is 107 Å². The van der Waals surface area contributed by atoms with Gasteiger partial charge in [0, 0.05) is 53.5 Å². The molecule has 0 spiro atoms. The minimum absolute atomic E-state index is 0.176. The normalized spacial score (nSPS) is 15.7. The molecule has 20 nitrogen and oxygen atoms in total. The molecule has 0 amide bonds. The molecule has 0 saturated heterocycles. The molecule has 0 heterocycles. The van der Waals surface area contributed by atoms with E-state index in [-0.39, 0.29) is 29.5 Å². The molecule has 24 heteroatoms. The number of ketones is 2. The maximum atomic E-state index is 14.8. The van der Waals surface area contributed by atoms with Crippen LogP contribution in [0.2, 0.25) is 0 Å². The fourth-order valence-electron chi connectivity index (χ4n) is 10.2. The highest BCUT2D eigenvalue weighted by atomic mass is 19.3. The second-order valence-electron chi connectivity index (χ2n) is 27.6. The highest BCUT2D eigenvalue weighted by Gasteiger charge is 2.62. The van der Waals surface area contributed by atoms with Crippen LogP contribution in [0.1, 0.15) is 198 Å². The SMILES string of the molecule is C=C(C)C(=O)OC(C)(C)c1cc(C(C)(C)O)cc(C(C)(C)O)c1.C=C(C)C(=O)OC(C)(C)c1cccc(CC(=O)OC)c1.C=C(C)C(=O)OC(C)(c1ccc(C(C)(O)C(F)(F)C(=O)OC)cc1)C(F)(F)C(=O)OC.C=C(C)C(=O)OC1(c2ccc(C3(O)CCC(=O)CC3)cc2)CCC(=O)CC1. The molecule has 0 radical (unpaired) electrons. The van der Waals surface area contributed by atoms with Crippen LogP contribution in [0.3, 0.4) is 0 Å². The number of carbonyl (C=O) groups is 9. The van der Waals surface area contributed by atoms with Crippen molar-refractivity contribution in [3.05, 3.63) is 190 Å². The van der Waals surface area contributed by atoms with Gasteiger partial charge in [-0.05, 0) is 179 Å². The van der Waals surface area contributed by atoms with Crippen LogP contribution in [0.25, 0.3) is 0 Å². The van der Waals surface area contributed by atoms with Crippen molar-refractivity contribution in [2.45, 2.75) is 211 Å². The van der Waals surface area contributed by atoms with E-state index in [4.69, 9.17) is 18.9 Å². The van der Waals surface area contributed by atoms with E-state index in [0.29, 0.717) is 106 Å². The van der Waals surface area contributed by atoms with Crippen molar-refractivity contribution in [2.75, 3.05) is 21.3 Å². The summed E-state index contributed by atoms with van der Waals surface area (Å²) in [7, 11) is 2.75. The molecule has 2 unspecified atom stereocenters. The zero-order chi connectivity index (χ0) is 77.6. The molecule has 2 aliphatic carbocycles. The highest BCUT2D eigenvalue weighted by Crippen LogP contribution is 2.46. The molecule has 2 saturated carbocycles. The Bertz CT molecular complexity index is 3720. The van der Waals surface area contributed by atoms with Crippen molar-refractivity contribution in [3.63, 3.8) is 0 Å². The number of hydrogen-bond acceptors (Lipinski definition) is 20. The van der Waals surface area contributed by atoms with Crippen LogP contribution in [0.5, 0.6) is 0 Å². The number of halogens is 4. The van der Waals surface area contributed by atoms with Gasteiger partial charge in [-0.25, -0.2) is 28.8 Å². The Balaban J connectivity index is 0.000000354. The molecule has 2 atom stereocenters. The molecule has 101 heavy (non-hydrogen) atoms. The Morgan fingerprint density at radius 1 is 0.455 bits per heavy atom. The van der Waals surface area contributed by atoms with E-state index in [0.717, 1.165) is 53.4 Å². The first-order valence-corrected chi connectivity index (χ1v) is 32.1. The third-order valence-corrected chi connectivity index (χ3v) is 17.2. The van der Waals surface area contributed by atoms with Crippen LogP contribution >= 0.6 is 0 Å². The van der Waals surface area contributed by atoms with Crippen molar-refractivity contribution in [2.24, 2.45) is 0 Å². The summed E-state index contributed by atoms with van der Waals surface area (Å²) in [5, 5.41) is 41.8. The fraction of sp³-hybridized carbons (Fsp3) is 0.468. The summed E-state index contributed by atoms with van der Waals surface area (Å²) in [4.78, 5) is 105. The minimum atomic E-state index is -4.40. The van der Waals surface area contributed by atoms with Crippen LogP contribution in [0.4, 0.5) is 17.6 Å². The third-order valence-electron chi connectivity index (χ3n) is 17.2. The van der Waals surface area contributed by atoms with Gasteiger partial charge in [0.15, 0.2) is 5.60 Å². The van der Waals surface area contributed by atoms with Crippen LogP contribution in [-0.2, 0) is 128 Å². The van der Waals surface area contributed by atoms with E-state index in [1.807, 2.05) is 48.5 Å². The van der Waals surface area contributed by atoms with Crippen molar-refractivity contribution in [1.82, 2.24) is 0 Å². The van der Waals surface area contributed by atoms with Gasteiger partial charge in [0.25, 0.3) is 0 Å². The van der Waals surface area contributed by atoms with Gasteiger partial charge in [0.1, 0.15) is 28.4 Å². The zero-order valence-electron chi connectivity index (χ0n) is 60.7. The average Bonchev–Trinajstić information content (AvgIpc) is 0.755. The Morgan fingerprint density at radius 3 is 1.24 bits per heavy atom. The fourth-order valence-corrected chi connectivity index (χ4v) is 10.2. The molecule has 0 bridgehead atoms. The Kier molecular flexibility index (Phi) is 28.8. The van der Waals surface area contributed by atoms with Gasteiger partial charge in [-0.15, -0.1) is 0 Å². The quantitative estimate of drug-likeness (QED) is 0.0246. The number of alkyl halides is 4. The lowest BCUT2D eigenvalue weighted by Gasteiger charge is -2.37. The van der Waals surface area contributed by atoms with Gasteiger partial charge in [-0.3, -0.25) is 14.4 Å². The highest BCUT2D eigenvalue weighted by molar-refractivity contribution is 5.90. The zero-order valence-corrected chi connectivity index (χ0v) is 60.7. The van der Waals surface area contributed by atoms with Crippen molar-refractivity contribution < 1.29 is 114 Å². The van der Waals surface area contributed by atoms with Gasteiger partial charge in [0.05, 0.1) is 44.6 Å². The van der Waals surface area contributed by atoms with Gasteiger partial charge in [-0.2, -0.15) is 17.6 Å². The third kappa shape index (κ3) is 22.0. The number of ether oxygens (including phenoxy) is 7. The predicted molar refractivity (Wildman–Crippen MR) is 365 cm³/mol. The van der Waals surface area contributed by atoms with Crippen molar-refractivity contribution in [3.8, 4) is 0 Å². The first-order chi connectivity index (χ1) is 46.1. The first-order valence-electron chi connectivity index (χ1n) is 32.1. The van der Waals surface area contributed by atoms with E-state index in [9.17, 15) is 81.1 Å². The second kappa shape index (κ2) is 33.7. The average molecular weight is 1420 g/mol. The minimum Gasteiger partial charge on any atom is -0.469 e. The maximum absolute atomic E-state index is 14.8. The summed E-state index contributed by atoms with van der Waals surface area (Å²) in [5.41, 5.74) is -6.77. The predicted octanol–water partition coefficient (Wildman–Crippen LogP) is 12.6. The molecule has 4 aromatic carbocycles. The van der Waals surface area contributed by atoms with E-state index in [2.05, 4.69) is 40.5 Å². The number of carbonyl (C=O) groups excluding carboxylic acids is 9. The Morgan fingerprint density at radius 2 is 0.832 bits per heavy atom. The number of methoxy groups -OCH3 is 3. The first kappa shape index (κ1) is 86.3. The Labute approximate surface area is 587 Å². The van der Waals surface area contributed by atoms with Crippen LogP contribution < -0.4 is 0 Å². The standard InChI is InChI=1S/C22H26O5.C20H22F4O7.C19H28O4.C16H20O4/c1-15(2)20(25)27-22(13-9-19(24)10-14-22)17-5-3-16(4-6-17)21(26)11-7-18(23)8-12-21;1-11(2)14(25)31-18(4,20(23,24)16(27)30-6)13-9-7-12(8-10-13)17(3,28)19(21,22)15(26)29-5;1-12(2)16(20)23-19(7,8)15-10-13(17(3,4)21)9-14(11-15)18(5,6)22;1-11(2)15(18)20-16(3,4)13-8-6-7-12(9-13)10-14(17)19-5/h3-6,26H,1,7-14H2,2H3;7-10,28H,1H2,2-6H3;9-11,21-22H,1H2,2-8H3;6-9H,1,10H2,2-5H3. The molecule has 4 N–H and O–H groups in total. The smallest absolute Gasteiger partial charge is 0.385 e. The van der Waals surface area contributed by atoms with E-state index >= 15 is 0 Å². The van der Waals surface area contributed by atoms with Gasteiger partial charge in [0.2, 0.25) is 5.60 Å². The summed E-state index contributed by atoms with van der Waals surface area (Å²) in [6.07, 6.45) is 3.46. The van der Waals surface area contributed by atoms with Gasteiger partial charge >= 0.3 is 53.6 Å². The molecule has 2 fully saturated rings. The summed E-state index contributed by atoms with van der Waals surface area (Å²) < 4.78 is 92.4. The number of hydrogen-bond donors (Lipinski definition) is 4. The van der Waals surface area contributed by atoms with Gasteiger partial charge < -0.3 is 53.6 Å². The molecular weight excluding hydrogens is 1320 g/mol. The Hall–Kier alpha value is -8.97. The second-order valence-corrected chi connectivity index (χ2v) is 27.6. The molecule has 552 valence electrons. The number of esters is 7. The number of rotatable bonds is 22. The lowest BCUT2D eigenvalue weighted by Crippen LogP contribution is -2.52. The molecule has 0 aliphatic heterocycles. The number of benzene rings is 4. The summed E-state index contributed by atoms with van der Waals surface area (Å²) in [6, 6.07) is 23.4. The topological polar surface area (TPSA) is 299 Å². The van der Waals surface area contributed by atoms with Crippen molar-refractivity contribution >= 4 is 53.4 Å². The molecule has 2 aliphatic rings. The molecule has 4 aromatic rings. The van der Waals surface area contributed by atoms with E-state index in [1.165, 1.54) is 14.0 Å². The van der Waals surface area contributed by atoms with Crippen LogP contribution in [0, 0.1) is 0 Å². The number of Topliss-reactive ketones (excluding diaryl/α,β-unsaturated/α-hetero) is 2. The maximum Gasteiger partial charge on any atom is 0.385 e. The summed E-state index contributed by atoms with van der Waals surface area (Å²) in [6.45, 7) is 35.3. The molecular formula is C77H96F4O20. The lowest BCUT2D eigenvalue weighted by molar-refractivity contribution is -0.222. The van der Waals surface area contributed by atoms with Crippen molar-refractivity contribution in [1.29, 1.82) is 0 Å².